The van der Waals surface area contributed by atoms with Crippen LogP contribution in [-0.2, 0) is 17.9 Å². The summed E-state index contributed by atoms with van der Waals surface area (Å²) in [6, 6.07) is 4.47. The highest BCUT2D eigenvalue weighted by molar-refractivity contribution is 6.31. The van der Waals surface area contributed by atoms with Crippen LogP contribution in [0.5, 0.6) is 0 Å². The highest BCUT2D eigenvalue weighted by Gasteiger charge is 2.21. The van der Waals surface area contributed by atoms with Crippen LogP contribution in [0.2, 0.25) is 10.0 Å². The van der Waals surface area contributed by atoms with Gasteiger partial charge in [0, 0.05) is 56.9 Å². The van der Waals surface area contributed by atoms with Gasteiger partial charge in [0.15, 0.2) is 0 Å². The van der Waals surface area contributed by atoms with Crippen molar-refractivity contribution in [3.8, 4) is 0 Å². The van der Waals surface area contributed by atoms with Gasteiger partial charge < -0.3 is 4.90 Å². The molecule has 1 fully saturated rings. The fourth-order valence-corrected chi connectivity index (χ4v) is 3.40. The predicted molar refractivity (Wildman–Crippen MR) is 99.9 cm³/mol. The number of rotatable bonds is 5. The first-order chi connectivity index (χ1) is 12.4. The van der Waals surface area contributed by atoms with Gasteiger partial charge in [0.2, 0.25) is 5.91 Å². The molecule has 0 spiro atoms. The second kappa shape index (κ2) is 8.37. The minimum absolute atomic E-state index is 0.119. The molecule has 1 aliphatic heterocycles. The topological polar surface area (TPSA) is 41.4 Å². The van der Waals surface area contributed by atoms with Gasteiger partial charge in [0.1, 0.15) is 5.82 Å². The molecule has 1 saturated heterocycles. The van der Waals surface area contributed by atoms with Gasteiger partial charge in [-0.15, -0.1) is 0 Å². The van der Waals surface area contributed by atoms with E-state index in [1.807, 2.05) is 11.8 Å². The first-order valence-corrected chi connectivity index (χ1v) is 9.31. The SMILES string of the molecule is Cc1nn(CCC(=O)N2CCN(Cc3ccc(F)cc3Cl)CC2)cc1Cl. The van der Waals surface area contributed by atoms with Crippen molar-refractivity contribution in [2.45, 2.75) is 26.4 Å². The van der Waals surface area contributed by atoms with Crippen LogP contribution >= 0.6 is 23.2 Å². The van der Waals surface area contributed by atoms with Crippen molar-refractivity contribution in [2.24, 2.45) is 0 Å². The Balaban J connectivity index is 1.46. The van der Waals surface area contributed by atoms with Crippen molar-refractivity contribution in [1.29, 1.82) is 0 Å². The molecule has 5 nitrogen and oxygen atoms in total. The van der Waals surface area contributed by atoms with Gasteiger partial charge in [-0.05, 0) is 24.6 Å². The molecule has 26 heavy (non-hydrogen) atoms. The molecule has 8 heteroatoms. The van der Waals surface area contributed by atoms with Crippen LogP contribution in [0.25, 0.3) is 0 Å². The van der Waals surface area contributed by atoms with E-state index in [9.17, 15) is 9.18 Å². The zero-order chi connectivity index (χ0) is 18.7. The Kier molecular flexibility index (Phi) is 6.16. The summed E-state index contributed by atoms with van der Waals surface area (Å²) in [4.78, 5) is 16.5. The molecule has 3 rings (SSSR count). The molecule has 0 radical (unpaired) electrons. The summed E-state index contributed by atoms with van der Waals surface area (Å²) in [6.45, 7) is 5.92. The molecule has 2 aromatic rings. The van der Waals surface area contributed by atoms with Gasteiger partial charge in [0.25, 0.3) is 0 Å². The van der Waals surface area contributed by atoms with Crippen LogP contribution in [-0.4, -0.2) is 51.7 Å². The highest BCUT2D eigenvalue weighted by Crippen LogP contribution is 2.20. The van der Waals surface area contributed by atoms with E-state index in [4.69, 9.17) is 23.2 Å². The monoisotopic (exact) mass is 398 g/mol. The molecule has 1 aromatic carbocycles. The lowest BCUT2D eigenvalue weighted by molar-refractivity contribution is -0.133. The molecule has 1 amide bonds. The molecule has 2 heterocycles. The molecule has 140 valence electrons. The number of carbonyl (C=O) groups is 1. The first kappa shape index (κ1) is 19.1. The normalized spacial score (nSPS) is 15.5. The van der Waals surface area contributed by atoms with Gasteiger partial charge in [0.05, 0.1) is 10.7 Å². The summed E-state index contributed by atoms with van der Waals surface area (Å²) in [6.07, 6.45) is 2.15. The van der Waals surface area contributed by atoms with E-state index in [0.717, 1.165) is 24.3 Å². The number of hydrogen-bond donors (Lipinski definition) is 0. The van der Waals surface area contributed by atoms with Gasteiger partial charge in [-0.1, -0.05) is 29.3 Å². The molecule has 1 aromatic heterocycles. The largest absolute Gasteiger partial charge is 0.340 e. The first-order valence-electron chi connectivity index (χ1n) is 8.56. The fraction of sp³-hybridized carbons (Fsp3) is 0.444. The van der Waals surface area contributed by atoms with E-state index in [2.05, 4.69) is 10.00 Å². The number of carbonyl (C=O) groups excluding carboxylic acids is 1. The number of aromatic nitrogens is 2. The van der Waals surface area contributed by atoms with Crippen LogP contribution in [0, 0.1) is 12.7 Å². The van der Waals surface area contributed by atoms with Crippen LogP contribution in [0.3, 0.4) is 0 Å². The third-order valence-electron chi connectivity index (χ3n) is 4.58. The fourth-order valence-electron chi connectivity index (χ4n) is 3.02. The zero-order valence-corrected chi connectivity index (χ0v) is 16.1. The van der Waals surface area contributed by atoms with Crippen LogP contribution in [0.15, 0.2) is 24.4 Å². The summed E-state index contributed by atoms with van der Waals surface area (Å²) < 4.78 is 14.8. The van der Waals surface area contributed by atoms with E-state index in [0.29, 0.717) is 42.6 Å². The molecular weight excluding hydrogens is 378 g/mol. The Labute approximate surface area is 162 Å². The lowest BCUT2D eigenvalue weighted by Crippen LogP contribution is -2.48. The van der Waals surface area contributed by atoms with Crippen molar-refractivity contribution in [2.75, 3.05) is 26.2 Å². The maximum absolute atomic E-state index is 13.1. The average molecular weight is 399 g/mol. The summed E-state index contributed by atoms with van der Waals surface area (Å²) in [5.74, 6) is -0.212. The number of aryl methyl sites for hydroxylation is 2. The summed E-state index contributed by atoms with van der Waals surface area (Å²) in [7, 11) is 0. The Morgan fingerprint density at radius 1 is 1.19 bits per heavy atom. The number of amides is 1. The molecule has 0 bridgehead atoms. The second-order valence-corrected chi connectivity index (χ2v) is 7.28. The standard InChI is InChI=1S/C18H21Cl2FN4O/c1-13-17(20)12-25(22-13)5-4-18(26)24-8-6-23(7-9-24)11-14-2-3-15(21)10-16(14)19/h2-3,10,12H,4-9,11H2,1H3. The van der Waals surface area contributed by atoms with Crippen molar-refractivity contribution in [3.05, 3.63) is 51.5 Å². The molecule has 0 unspecified atom stereocenters. The van der Waals surface area contributed by atoms with Gasteiger partial charge in [-0.2, -0.15) is 5.10 Å². The second-order valence-electron chi connectivity index (χ2n) is 6.47. The molecular formula is C18H21Cl2FN4O. The molecule has 0 aliphatic carbocycles. The van der Waals surface area contributed by atoms with Gasteiger partial charge in [-0.25, -0.2) is 4.39 Å². The van der Waals surface area contributed by atoms with E-state index >= 15 is 0 Å². The average Bonchev–Trinajstić information content (AvgIpc) is 2.94. The maximum atomic E-state index is 13.1. The van der Waals surface area contributed by atoms with Gasteiger partial charge in [-0.3, -0.25) is 14.4 Å². The van der Waals surface area contributed by atoms with E-state index in [1.54, 1.807) is 16.9 Å². The highest BCUT2D eigenvalue weighted by atomic mass is 35.5. The minimum Gasteiger partial charge on any atom is -0.340 e. The Bertz CT molecular complexity index is 768. The Morgan fingerprint density at radius 3 is 2.54 bits per heavy atom. The van der Waals surface area contributed by atoms with Gasteiger partial charge >= 0.3 is 0 Å². The molecule has 0 atom stereocenters. The third-order valence-corrected chi connectivity index (χ3v) is 5.30. The predicted octanol–water partition coefficient (Wildman–Crippen LogP) is 3.37. The number of benzene rings is 1. The third kappa shape index (κ3) is 4.75. The minimum atomic E-state index is -0.331. The Morgan fingerprint density at radius 2 is 1.92 bits per heavy atom. The van der Waals surface area contributed by atoms with Crippen molar-refractivity contribution in [3.63, 3.8) is 0 Å². The number of halogens is 3. The number of hydrogen-bond acceptors (Lipinski definition) is 3. The van der Waals surface area contributed by atoms with Crippen LogP contribution < -0.4 is 0 Å². The van der Waals surface area contributed by atoms with Crippen molar-refractivity contribution >= 4 is 29.1 Å². The van der Waals surface area contributed by atoms with Crippen molar-refractivity contribution in [1.82, 2.24) is 19.6 Å². The molecule has 1 aliphatic rings. The summed E-state index contributed by atoms with van der Waals surface area (Å²) in [5.41, 5.74) is 1.67. The molecule has 0 N–H and O–H groups in total. The Hall–Kier alpha value is -1.63. The zero-order valence-electron chi connectivity index (χ0n) is 14.6. The number of piperazine rings is 1. The molecule has 0 saturated carbocycles. The number of nitrogens with zero attached hydrogens (tertiary/aromatic N) is 4. The quantitative estimate of drug-likeness (QED) is 0.774. The van der Waals surface area contributed by atoms with E-state index < -0.39 is 0 Å². The van der Waals surface area contributed by atoms with E-state index in [1.165, 1.54) is 12.1 Å². The van der Waals surface area contributed by atoms with Crippen molar-refractivity contribution < 1.29 is 9.18 Å². The van der Waals surface area contributed by atoms with Crippen LogP contribution in [0.1, 0.15) is 17.7 Å². The summed E-state index contributed by atoms with van der Waals surface area (Å²) >= 11 is 12.1. The lowest BCUT2D eigenvalue weighted by Gasteiger charge is -2.35. The van der Waals surface area contributed by atoms with E-state index in [-0.39, 0.29) is 11.7 Å². The van der Waals surface area contributed by atoms with Crippen LogP contribution in [0.4, 0.5) is 4.39 Å². The summed E-state index contributed by atoms with van der Waals surface area (Å²) in [5, 5.41) is 5.32. The maximum Gasteiger partial charge on any atom is 0.224 e. The lowest BCUT2D eigenvalue weighted by atomic mass is 10.2. The smallest absolute Gasteiger partial charge is 0.224 e.